The van der Waals surface area contributed by atoms with Crippen LogP contribution in [0.3, 0.4) is 0 Å². The number of carbonyl (C=O) groups is 1. The number of amides is 1. The molecule has 2 unspecified atom stereocenters. The van der Waals surface area contributed by atoms with Crippen molar-refractivity contribution in [3.8, 4) is 0 Å². The monoisotopic (exact) mass is 252 g/mol. The van der Waals surface area contributed by atoms with E-state index in [0.29, 0.717) is 12.0 Å². The van der Waals surface area contributed by atoms with E-state index in [9.17, 15) is 20.0 Å². The van der Waals surface area contributed by atoms with Gasteiger partial charge < -0.3 is 10.4 Å². The summed E-state index contributed by atoms with van der Waals surface area (Å²) in [7, 11) is 0. The molecule has 0 aliphatic carbocycles. The zero-order valence-corrected chi connectivity index (χ0v) is 10.3. The second kappa shape index (κ2) is 6.11. The second-order valence-corrected chi connectivity index (χ2v) is 4.26. The number of rotatable bonds is 5. The number of benzene rings is 1. The van der Waals surface area contributed by atoms with Crippen LogP contribution >= 0.6 is 0 Å². The topological polar surface area (TPSA) is 92.5 Å². The van der Waals surface area contributed by atoms with Gasteiger partial charge in [0.2, 0.25) is 0 Å². The summed E-state index contributed by atoms with van der Waals surface area (Å²) in [6, 6.07) is 5.22. The van der Waals surface area contributed by atoms with Crippen molar-refractivity contribution in [2.45, 2.75) is 32.4 Å². The van der Waals surface area contributed by atoms with Crippen molar-refractivity contribution in [1.82, 2.24) is 5.32 Å². The molecule has 18 heavy (non-hydrogen) atoms. The van der Waals surface area contributed by atoms with Crippen molar-refractivity contribution < 1.29 is 14.8 Å². The van der Waals surface area contributed by atoms with E-state index in [0.717, 1.165) is 0 Å². The van der Waals surface area contributed by atoms with Crippen molar-refractivity contribution in [1.29, 1.82) is 0 Å². The van der Waals surface area contributed by atoms with Crippen LogP contribution in [0.1, 0.15) is 30.6 Å². The van der Waals surface area contributed by atoms with Crippen LogP contribution in [-0.4, -0.2) is 28.1 Å². The molecule has 0 aliphatic heterocycles. The molecule has 0 saturated heterocycles. The maximum Gasteiger partial charge on any atom is 0.269 e. The zero-order valence-electron chi connectivity index (χ0n) is 10.3. The number of hydrogen-bond acceptors (Lipinski definition) is 4. The lowest BCUT2D eigenvalue weighted by Crippen LogP contribution is -2.34. The lowest BCUT2D eigenvalue weighted by molar-refractivity contribution is -0.384. The average molecular weight is 252 g/mol. The Bertz CT molecular complexity index is 428. The Kier molecular flexibility index (Phi) is 4.79. The molecular formula is C12H16N2O4. The predicted molar refractivity (Wildman–Crippen MR) is 66.3 cm³/mol. The summed E-state index contributed by atoms with van der Waals surface area (Å²) >= 11 is 0. The molecular weight excluding hydrogens is 236 g/mol. The number of nitrogens with zero attached hydrogens (tertiary/aromatic N) is 1. The summed E-state index contributed by atoms with van der Waals surface area (Å²) in [5, 5.41) is 22.3. The molecule has 1 aromatic carbocycles. The molecule has 0 saturated carbocycles. The van der Waals surface area contributed by atoms with Crippen LogP contribution in [-0.2, 0) is 0 Å². The standard InChI is InChI=1S/C12H16N2O4/c1-8(7-9(2)15)13-12(16)10-3-5-11(6-4-10)14(17)18/h3-6,8-9,15H,7H2,1-2H3,(H,13,16). The highest BCUT2D eigenvalue weighted by Gasteiger charge is 2.13. The van der Waals surface area contributed by atoms with Crippen LogP contribution in [0.15, 0.2) is 24.3 Å². The Labute approximate surface area is 105 Å². The van der Waals surface area contributed by atoms with Crippen LogP contribution in [0.25, 0.3) is 0 Å². The third-order valence-corrected chi connectivity index (χ3v) is 2.41. The van der Waals surface area contributed by atoms with Gasteiger partial charge in [-0.3, -0.25) is 14.9 Å². The van der Waals surface area contributed by atoms with Crippen LogP contribution < -0.4 is 5.32 Å². The number of nitrogens with one attached hydrogen (secondary N) is 1. The Morgan fingerprint density at radius 1 is 1.39 bits per heavy atom. The maximum atomic E-state index is 11.8. The summed E-state index contributed by atoms with van der Waals surface area (Å²) in [6.45, 7) is 3.44. The largest absolute Gasteiger partial charge is 0.393 e. The summed E-state index contributed by atoms with van der Waals surface area (Å²) in [5.41, 5.74) is 0.307. The van der Waals surface area contributed by atoms with E-state index in [4.69, 9.17) is 0 Å². The summed E-state index contributed by atoms with van der Waals surface area (Å²) < 4.78 is 0. The van der Waals surface area contributed by atoms with Gasteiger partial charge in [0.25, 0.3) is 11.6 Å². The van der Waals surface area contributed by atoms with Crippen molar-refractivity contribution in [2.75, 3.05) is 0 Å². The first-order valence-corrected chi connectivity index (χ1v) is 5.63. The minimum Gasteiger partial charge on any atom is -0.393 e. The van der Waals surface area contributed by atoms with Crippen molar-refractivity contribution in [2.24, 2.45) is 0 Å². The quantitative estimate of drug-likeness (QED) is 0.613. The van der Waals surface area contributed by atoms with E-state index in [1.54, 1.807) is 13.8 Å². The normalized spacial score (nSPS) is 13.7. The van der Waals surface area contributed by atoms with Gasteiger partial charge in [-0.25, -0.2) is 0 Å². The summed E-state index contributed by atoms with van der Waals surface area (Å²) in [5.74, 6) is -0.307. The molecule has 0 heterocycles. The highest BCUT2D eigenvalue weighted by Crippen LogP contribution is 2.12. The van der Waals surface area contributed by atoms with E-state index in [2.05, 4.69) is 5.32 Å². The molecule has 98 valence electrons. The van der Waals surface area contributed by atoms with Gasteiger partial charge in [-0.1, -0.05) is 0 Å². The number of aliphatic hydroxyl groups excluding tert-OH is 1. The first-order chi connectivity index (χ1) is 8.40. The average Bonchev–Trinajstić information content (AvgIpc) is 2.27. The molecule has 1 amide bonds. The third kappa shape index (κ3) is 4.14. The van der Waals surface area contributed by atoms with Crippen LogP contribution in [0, 0.1) is 10.1 Å². The number of aliphatic hydroxyl groups is 1. The zero-order chi connectivity index (χ0) is 13.7. The van der Waals surface area contributed by atoms with Gasteiger partial charge in [-0.15, -0.1) is 0 Å². The third-order valence-electron chi connectivity index (χ3n) is 2.41. The smallest absolute Gasteiger partial charge is 0.269 e. The Morgan fingerprint density at radius 3 is 2.39 bits per heavy atom. The fraction of sp³-hybridized carbons (Fsp3) is 0.417. The first-order valence-electron chi connectivity index (χ1n) is 5.63. The predicted octanol–water partition coefficient (Wildman–Crippen LogP) is 1.48. The Balaban J connectivity index is 2.64. The minimum absolute atomic E-state index is 0.0522. The SMILES string of the molecule is CC(O)CC(C)NC(=O)c1ccc([N+](=O)[O-])cc1. The van der Waals surface area contributed by atoms with E-state index in [1.165, 1.54) is 24.3 Å². The van der Waals surface area contributed by atoms with Gasteiger partial charge in [0.15, 0.2) is 0 Å². The van der Waals surface area contributed by atoms with Gasteiger partial charge in [-0.2, -0.15) is 0 Å². The van der Waals surface area contributed by atoms with Crippen LogP contribution in [0.2, 0.25) is 0 Å². The van der Waals surface area contributed by atoms with Gasteiger partial charge in [0, 0.05) is 23.7 Å². The molecule has 0 bridgehead atoms. The van der Waals surface area contributed by atoms with E-state index in [-0.39, 0.29) is 17.6 Å². The lowest BCUT2D eigenvalue weighted by Gasteiger charge is -2.15. The Morgan fingerprint density at radius 2 is 1.94 bits per heavy atom. The molecule has 2 N–H and O–H groups in total. The minimum atomic E-state index is -0.516. The Hall–Kier alpha value is -1.95. The van der Waals surface area contributed by atoms with E-state index < -0.39 is 11.0 Å². The lowest BCUT2D eigenvalue weighted by atomic mass is 10.1. The second-order valence-electron chi connectivity index (χ2n) is 4.26. The van der Waals surface area contributed by atoms with Gasteiger partial charge in [0.05, 0.1) is 11.0 Å². The number of non-ortho nitro benzene ring substituents is 1. The van der Waals surface area contributed by atoms with Crippen molar-refractivity contribution in [3.63, 3.8) is 0 Å². The molecule has 6 nitrogen and oxygen atoms in total. The first kappa shape index (κ1) is 14.1. The summed E-state index contributed by atoms with van der Waals surface area (Å²) in [6.07, 6.45) is -0.0317. The molecule has 2 atom stereocenters. The molecule has 0 fully saturated rings. The van der Waals surface area contributed by atoms with Gasteiger partial charge >= 0.3 is 0 Å². The van der Waals surface area contributed by atoms with E-state index >= 15 is 0 Å². The van der Waals surface area contributed by atoms with Crippen LogP contribution in [0.5, 0.6) is 0 Å². The fourth-order valence-corrected chi connectivity index (χ4v) is 1.61. The van der Waals surface area contributed by atoms with Crippen LogP contribution in [0.4, 0.5) is 5.69 Å². The molecule has 1 rings (SSSR count). The molecule has 1 aromatic rings. The van der Waals surface area contributed by atoms with E-state index in [1.807, 2.05) is 0 Å². The van der Waals surface area contributed by atoms with Crippen molar-refractivity contribution in [3.05, 3.63) is 39.9 Å². The number of carbonyl (C=O) groups excluding carboxylic acids is 1. The maximum absolute atomic E-state index is 11.8. The molecule has 0 radical (unpaired) electrons. The highest BCUT2D eigenvalue weighted by atomic mass is 16.6. The molecule has 0 spiro atoms. The van der Waals surface area contributed by atoms with Gasteiger partial charge in [-0.05, 0) is 32.4 Å². The molecule has 0 aliphatic rings. The number of nitro benzene ring substituents is 1. The highest BCUT2D eigenvalue weighted by molar-refractivity contribution is 5.94. The molecule has 6 heteroatoms. The number of nitro groups is 1. The van der Waals surface area contributed by atoms with Gasteiger partial charge in [0.1, 0.15) is 0 Å². The summed E-state index contributed by atoms with van der Waals surface area (Å²) in [4.78, 5) is 21.7. The fourth-order valence-electron chi connectivity index (χ4n) is 1.61. The van der Waals surface area contributed by atoms with Crippen molar-refractivity contribution >= 4 is 11.6 Å². The molecule has 0 aromatic heterocycles. The number of hydrogen-bond donors (Lipinski definition) is 2.